The third-order valence-electron chi connectivity index (χ3n) is 3.80. The molecule has 1 rings (SSSR count). The van der Waals surface area contributed by atoms with Gasteiger partial charge in [-0.2, -0.15) is 0 Å². The zero-order valence-electron chi connectivity index (χ0n) is 11.9. The molecular formula is C13H22N2O5. The van der Waals surface area contributed by atoms with E-state index >= 15 is 0 Å². The van der Waals surface area contributed by atoms with E-state index in [1.54, 1.807) is 0 Å². The van der Waals surface area contributed by atoms with Gasteiger partial charge < -0.3 is 20.5 Å². The van der Waals surface area contributed by atoms with Crippen LogP contribution < -0.4 is 10.6 Å². The van der Waals surface area contributed by atoms with Crippen molar-refractivity contribution in [2.45, 2.75) is 45.1 Å². The van der Waals surface area contributed by atoms with Crippen LogP contribution in [-0.2, 0) is 14.3 Å². The Bertz CT molecular complexity index is 379. The van der Waals surface area contributed by atoms with Gasteiger partial charge in [0.25, 0.3) is 0 Å². The van der Waals surface area contributed by atoms with E-state index in [-0.39, 0.29) is 18.3 Å². The summed E-state index contributed by atoms with van der Waals surface area (Å²) in [6.07, 6.45) is 3.14. The largest absolute Gasteiger partial charge is 0.480 e. The van der Waals surface area contributed by atoms with Gasteiger partial charge in [-0.1, -0.05) is 6.92 Å². The van der Waals surface area contributed by atoms with Crippen molar-refractivity contribution in [1.82, 2.24) is 10.6 Å². The van der Waals surface area contributed by atoms with Gasteiger partial charge in [0.05, 0.1) is 7.11 Å². The molecule has 0 spiro atoms. The number of hydrogen-bond acceptors (Lipinski definition) is 4. The average Bonchev–Trinajstić information content (AvgIpc) is 3.21. The predicted octanol–water partition coefficient (Wildman–Crippen LogP) is 0.882. The molecule has 3 N–H and O–H groups in total. The van der Waals surface area contributed by atoms with E-state index in [0.29, 0.717) is 6.54 Å². The smallest absolute Gasteiger partial charge is 0.326 e. The quantitative estimate of drug-likeness (QED) is 0.575. The molecule has 0 radical (unpaired) electrons. The SMILES string of the molecule is CCC1(CNC(=O)N[C@@H](CCC(=O)OC)C(=O)O)CC1. The van der Waals surface area contributed by atoms with Crippen molar-refractivity contribution < 1.29 is 24.2 Å². The molecule has 114 valence electrons. The fourth-order valence-corrected chi connectivity index (χ4v) is 1.93. The van der Waals surface area contributed by atoms with E-state index in [1.807, 2.05) is 0 Å². The first-order valence-corrected chi connectivity index (χ1v) is 6.76. The van der Waals surface area contributed by atoms with Gasteiger partial charge in [-0.25, -0.2) is 9.59 Å². The molecule has 0 unspecified atom stereocenters. The molecule has 20 heavy (non-hydrogen) atoms. The third-order valence-corrected chi connectivity index (χ3v) is 3.80. The lowest BCUT2D eigenvalue weighted by atomic mass is 10.0. The molecule has 2 amide bonds. The Morgan fingerprint density at radius 2 is 2.00 bits per heavy atom. The van der Waals surface area contributed by atoms with Crippen LogP contribution in [0.1, 0.15) is 39.0 Å². The minimum Gasteiger partial charge on any atom is -0.480 e. The second-order valence-corrected chi connectivity index (χ2v) is 5.19. The first-order valence-electron chi connectivity index (χ1n) is 6.76. The number of ether oxygens (including phenoxy) is 1. The van der Waals surface area contributed by atoms with Crippen LogP contribution >= 0.6 is 0 Å². The summed E-state index contributed by atoms with van der Waals surface area (Å²) in [6.45, 7) is 2.63. The van der Waals surface area contributed by atoms with Crippen molar-refractivity contribution >= 4 is 18.0 Å². The first kappa shape index (κ1) is 16.3. The molecule has 0 aromatic carbocycles. The van der Waals surface area contributed by atoms with Gasteiger partial charge in [0.1, 0.15) is 6.04 Å². The van der Waals surface area contributed by atoms with E-state index < -0.39 is 24.0 Å². The molecule has 0 aliphatic heterocycles. The molecule has 7 nitrogen and oxygen atoms in total. The average molecular weight is 286 g/mol. The van der Waals surface area contributed by atoms with Gasteiger partial charge >= 0.3 is 18.0 Å². The van der Waals surface area contributed by atoms with Crippen LogP contribution in [0, 0.1) is 5.41 Å². The number of carboxylic acid groups (broad SMARTS) is 1. The molecule has 0 aromatic heterocycles. The van der Waals surface area contributed by atoms with Crippen molar-refractivity contribution in [3.8, 4) is 0 Å². The summed E-state index contributed by atoms with van der Waals surface area (Å²) < 4.78 is 4.44. The highest BCUT2D eigenvalue weighted by Crippen LogP contribution is 2.47. The Kier molecular flexibility index (Phi) is 5.79. The van der Waals surface area contributed by atoms with Crippen LogP contribution in [-0.4, -0.2) is 42.8 Å². The Hall–Kier alpha value is -1.79. The number of aliphatic carboxylic acids is 1. The van der Waals surface area contributed by atoms with Gasteiger partial charge in [-0.05, 0) is 31.1 Å². The molecule has 1 atom stereocenters. The maximum atomic E-state index is 11.7. The minimum absolute atomic E-state index is 0.00828. The van der Waals surface area contributed by atoms with Crippen molar-refractivity contribution in [1.29, 1.82) is 0 Å². The van der Waals surface area contributed by atoms with Gasteiger partial charge in [-0.15, -0.1) is 0 Å². The standard InChI is InChI=1S/C13H22N2O5/c1-3-13(6-7-13)8-14-12(19)15-9(11(17)18)4-5-10(16)20-2/h9H,3-8H2,1-2H3,(H,17,18)(H2,14,15,19)/t9-/m0/s1. The molecule has 1 aliphatic rings. The monoisotopic (exact) mass is 286 g/mol. The molecule has 0 aromatic rings. The lowest BCUT2D eigenvalue weighted by molar-refractivity contribution is -0.142. The van der Waals surface area contributed by atoms with Crippen LogP contribution in [0.15, 0.2) is 0 Å². The zero-order chi connectivity index (χ0) is 15.2. The fraction of sp³-hybridized carbons (Fsp3) is 0.769. The summed E-state index contributed by atoms with van der Waals surface area (Å²) in [7, 11) is 1.23. The topological polar surface area (TPSA) is 105 Å². The van der Waals surface area contributed by atoms with E-state index in [1.165, 1.54) is 7.11 Å². The van der Waals surface area contributed by atoms with E-state index in [0.717, 1.165) is 19.3 Å². The van der Waals surface area contributed by atoms with Crippen molar-refractivity contribution in [3.63, 3.8) is 0 Å². The fourth-order valence-electron chi connectivity index (χ4n) is 1.93. The van der Waals surface area contributed by atoms with Crippen LogP contribution in [0.5, 0.6) is 0 Å². The van der Waals surface area contributed by atoms with Gasteiger partial charge in [0, 0.05) is 13.0 Å². The van der Waals surface area contributed by atoms with Crippen molar-refractivity contribution in [2.75, 3.05) is 13.7 Å². The number of hydrogen-bond donors (Lipinski definition) is 3. The number of carbonyl (C=O) groups excluding carboxylic acids is 2. The molecule has 1 aliphatic carbocycles. The Balaban J connectivity index is 2.34. The molecule has 7 heteroatoms. The third kappa shape index (κ3) is 5.07. The number of amides is 2. The Morgan fingerprint density at radius 3 is 2.45 bits per heavy atom. The van der Waals surface area contributed by atoms with Crippen LogP contribution in [0.3, 0.4) is 0 Å². The summed E-state index contributed by atoms with van der Waals surface area (Å²) in [6, 6.07) is -1.60. The Morgan fingerprint density at radius 1 is 1.35 bits per heavy atom. The minimum atomic E-state index is -1.17. The number of nitrogens with one attached hydrogen (secondary N) is 2. The lowest BCUT2D eigenvalue weighted by Gasteiger charge is -2.17. The highest BCUT2D eigenvalue weighted by Gasteiger charge is 2.40. The summed E-state index contributed by atoms with van der Waals surface area (Å²) >= 11 is 0. The van der Waals surface area contributed by atoms with E-state index in [2.05, 4.69) is 22.3 Å². The molecule has 1 fully saturated rings. The van der Waals surface area contributed by atoms with Gasteiger partial charge in [-0.3, -0.25) is 4.79 Å². The van der Waals surface area contributed by atoms with Crippen molar-refractivity contribution in [3.05, 3.63) is 0 Å². The normalized spacial score (nSPS) is 16.9. The molecular weight excluding hydrogens is 264 g/mol. The van der Waals surface area contributed by atoms with Crippen LogP contribution in [0.4, 0.5) is 4.79 Å². The molecule has 1 saturated carbocycles. The van der Waals surface area contributed by atoms with Crippen molar-refractivity contribution in [2.24, 2.45) is 5.41 Å². The summed E-state index contributed by atoms with van der Waals surface area (Å²) in [5.41, 5.74) is 0.197. The number of rotatable bonds is 8. The van der Waals surface area contributed by atoms with Crippen LogP contribution in [0.2, 0.25) is 0 Å². The number of urea groups is 1. The number of methoxy groups -OCH3 is 1. The molecule has 0 heterocycles. The molecule has 0 saturated heterocycles. The molecule has 0 bridgehead atoms. The van der Waals surface area contributed by atoms with E-state index in [9.17, 15) is 14.4 Å². The number of carbonyl (C=O) groups is 3. The summed E-state index contributed by atoms with van der Waals surface area (Å²) in [5.74, 6) is -1.66. The lowest BCUT2D eigenvalue weighted by Crippen LogP contribution is -2.47. The maximum Gasteiger partial charge on any atom is 0.326 e. The maximum absolute atomic E-state index is 11.7. The second kappa shape index (κ2) is 7.12. The summed E-state index contributed by atoms with van der Waals surface area (Å²) in [5, 5.41) is 14.1. The highest BCUT2D eigenvalue weighted by molar-refractivity contribution is 5.83. The van der Waals surface area contributed by atoms with E-state index in [4.69, 9.17) is 5.11 Å². The second-order valence-electron chi connectivity index (χ2n) is 5.19. The highest BCUT2D eigenvalue weighted by atomic mass is 16.5. The first-order chi connectivity index (χ1) is 9.42. The predicted molar refractivity (Wildman–Crippen MR) is 71.2 cm³/mol. The Labute approximate surface area is 118 Å². The summed E-state index contributed by atoms with van der Waals surface area (Å²) in [4.78, 5) is 33.7. The number of carboxylic acids is 1. The van der Waals surface area contributed by atoms with Gasteiger partial charge in [0.15, 0.2) is 0 Å². The number of esters is 1. The van der Waals surface area contributed by atoms with Crippen LogP contribution in [0.25, 0.3) is 0 Å². The zero-order valence-corrected chi connectivity index (χ0v) is 11.9. The van der Waals surface area contributed by atoms with Gasteiger partial charge in [0.2, 0.25) is 0 Å².